The number of rotatable bonds is 11. The van der Waals surface area contributed by atoms with Crippen LogP contribution in [0, 0.1) is 0 Å². The van der Waals surface area contributed by atoms with Crippen molar-refractivity contribution in [3.63, 3.8) is 0 Å². The highest BCUT2D eigenvalue weighted by molar-refractivity contribution is 7.80. The number of hydrogen-bond donors (Lipinski definition) is 2. The number of benzene rings is 2. The van der Waals surface area contributed by atoms with E-state index in [-0.39, 0.29) is 11.0 Å². The van der Waals surface area contributed by atoms with E-state index < -0.39 is 0 Å². The van der Waals surface area contributed by atoms with Gasteiger partial charge in [0.25, 0.3) is 5.91 Å². The predicted molar refractivity (Wildman–Crippen MR) is 122 cm³/mol. The molecule has 0 radical (unpaired) electrons. The van der Waals surface area contributed by atoms with E-state index >= 15 is 0 Å². The Hall–Kier alpha value is -2.60. The number of unbranched alkanes of at least 4 members (excludes halogenated alkanes) is 4. The first-order valence-electron chi connectivity index (χ1n) is 10.2. The second-order valence-electron chi connectivity index (χ2n) is 6.66. The molecule has 0 aromatic heterocycles. The first kappa shape index (κ1) is 22.7. The number of anilines is 1. The number of amides is 1. The average Bonchev–Trinajstić information content (AvgIpc) is 2.71. The second-order valence-corrected chi connectivity index (χ2v) is 7.06. The molecule has 5 nitrogen and oxygen atoms in total. The van der Waals surface area contributed by atoms with Crippen LogP contribution in [0.5, 0.6) is 11.5 Å². The monoisotopic (exact) mass is 414 g/mol. The molecule has 0 heterocycles. The van der Waals surface area contributed by atoms with Crippen molar-refractivity contribution < 1.29 is 14.3 Å². The fourth-order valence-electron chi connectivity index (χ4n) is 2.77. The molecular formula is C23H30N2O3S. The molecule has 0 saturated heterocycles. The van der Waals surface area contributed by atoms with Gasteiger partial charge in [-0.25, -0.2) is 0 Å². The number of carbonyl (C=O) groups is 1. The van der Waals surface area contributed by atoms with E-state index in [1.165, 1.54) is 25.7 Å². The third-order valence-corrected chi connectivity index (χ3v) is 4.47. The third-order valence-electron chi connectivity index (χ3n) is 4.26. The van der Waals surface area contributed by atoms with Gasteiger partial charge in [-0.3, -0.25) is 10.1 Å². The first-order valence-corrected chi connectivity index (χ1v) is 10.6. The zero-order valence-electron chi connectivity index (χ0n) is 17.2. The lowest BCUT2D eigenvalue weighted by Crippen LogP contribution is -2.34. The van der Waals surface area contributed by atoms with Crippen molar-refractivity contribution in [2.75, 3.05) is 18.5 Å². The van der Waals surface area contributed by atoms with Crippen LogP contribution in [0.2, 0.25) is 0 Å². The van der Waals surface area contributed by atoms with Crippen molar-refractivity contribution in [3.8, 4) is 11.5 Å². The van der Waals surface area contributed by atoms with Gasteiger partial charge in [-0.1, -0.05) is 38.7 Å². The van der Waals surface area contributed by atoms with Crippen molar-refractivity contribution in [1.29, 1.82) is 0 Å². The zero-order valence-corrected chi connectivity index (χ0v) is 18.0. The Morgan fingerprint density at radius 3 is 2.41 bits per heavy atom. The maximum absolute atomic E-state index is 12.3. The molecule has 0 atom stereocenters. The smallest absolute Gasteiger partial charge is 0.257 e. The highest BCUT2D eigenvalue weighted by Gasteiger charge is 2.08. The van der Waals surface area contributed by atoms with Crippen LogP contribution < -0.4 is 20.1 Å². The quantitative estimate of drug-likeness (QED) is 0.372. The molecule has 2 aromatic carbocycles. The number of hydrogen-bond acceptors (Lipinski definition) is 4. The molecule has 2 N–H and O–H groups in total. The summed E-state index contributed by atoms with van der Waals surface area (Å²) < 4.78 is 11.2. The summed E-state index contributed by atoms with van der Waals surface area (Å²) in [4.78, 5) is 12.3. The van der Waals surface area contributed by atoms with Crippen LogP contribution in [0.25, 0.3) is 0 Å². The summed E-state index contributed by atoms with van der Waals surface area (Å²) in [5, 5.41) is 5.95. The van der Waals surface area contributed by atoms with Gasteiger partial charge in [0.2, 0.25) is 0 Å². The lowest BCUT2D eigenvalue weighted by molar-refractivity contribution is 0.0977. The highest BCUT2D eigenvalue weighted by atomic mass is 32.1. The predicted octanol–water partition coefficient (Wildman–Crippen LogP) is 5.56. The minimum atomic E-state index is -0.273. The molecule has 0 aliphatic rings. The van der Waals surface area contributed by atoms with E-state index in [4.69, 9.17) is 21.7 Å². The number of thiocarbonyl (C=S) groups is 1. The van der Waals surface area contributed by atoms with E-state index in [0.29, 0.717) is 18.8 Å². The molecule has 0 bridgehead atoms. The van der Waals surface area contributed by atoms with E-state index in [1.807, 2.05) is 31.2 Å². The van der Waals surface area contributed by atoms with Gasteiger partial charge in [-0.2, -0.15) is 0 Å². The zero-order chi connectivity index (χ0) is 20.9. The standard InChI is InChI=1S/C23H30N2O3S/c1-3-5-6-7-8-16-28-21-11-9-10-19(17-21)24-23(29)25-22(26)18-12-14-20(15-13-18)27-4-2/h9-15,17H,3-8,16H2,1-2H3,(H2,24,25,26,29). The van der Waals surface area contributed by atoms with Crippen LogP contribution in [-0.2, 0) is 0 Å². The summed E-state index contributed by atoms with van der Waals surface area (Å²) in [6, 6.07) is 14.5. The Morgan fingerprint density at radius 1 is 0.931 bits per heavy atom. The van der Waals surface area contributed by atoms with Crippen molar-refractivity contribution in [2.24, 2.45) is 0 Å². The van der Waals surface area contributed by atoms with Gasteiger partial charge in [0, 0.05) is 17.3 Å². The summed E-state index contributed by atoms with van der Waals surface area (Å²) in [6.45, 7) is 5.41. The number of ether oxygens (including phenoxy) is 2. The Labute approximate surface area is 178 Å². The van der Waals surface area contributed by atoms with Crippen molar-refractivity contribution >= 4 is 28.9 Å². The van der Waals surface area contributed by atoms with Gasteiger partial charge < -0.3 is 14.8 Å². The number of carbonyl (C=O) groups excluding carboxylic acids is 1. The van der Waals surface area contributed by atoms with Gasteiger partial charge in [-0.05, 0) is 62.0 Å². The van der Waals surface area contributed by atoms with Crippen LogP contribution >= 0.6 is 12.2 Å². The van der Waals surface area contributed by atoms with E-state index in [2.05, 4.69) is 17.6 Å². The van der Waals surface area contributed by atoms with Crippen molar-refractivity contribution in [1.82, 2.24) is 5.32 Å². The molecule has 2 aromatic rings. The van der Waals surface area contributed by atoms with E-state index in [0.717, 1.165) is 23.6 Å². The molecule has 29 heavy (non-hydrogen) atoms. The van der Waals surface area contributed by atoms with Crippen LogP contribution in [0.1, 0.15) is 56.3 Å². The molecule has 0 unspecified atom stereocenters. The van der Waals surface area contributed by atoms with Gasteiger partial charge in [0.05, 0.1) is 13.2 Å². The lowest BCUT2D eigenvalue weighted by Gasteiger charge is -2.12. The molecule has 156 valence electrons. The summed E-state index contributed by atoms with van der Waals surface area (Å²) in [5.41, 5.74) is 1.28. The molecule has 1 amide bonds. The summed E-state index contributed by atoms with van der Waals surface area (Å²) >= 11 is 5.26. The lowest BCUT2D eigenvalue weighted by atomic mass is 10.2. The Bertz CT molecular complexity index is 778. The SMILES string of the molecule is CCCCCCCOc1cccc(NC(=S)NC(=O)c2ccc(OCC)cc2)c1. The third kappa shape index (κ3) is 8.52. The largest absolute Gasteiger partial charge is 0.494 e. The molecule has 0 fully saturated rings. The van der Waals surface area contributed by atoms with Crippen molar-refractivity contribution in [2.45, 2.75) is 46.0 Å². The highest BCUT2D eigenvalue weighted by Crippen LogP contribution is 2.18. The summed E-state index contributed by atoms with van der Waals surface area (Å²) in [7, 11) is 0. The topological polar surface area (TPSA) is 59.6 Å². The van der Waals surface area contributed by atoms with Gasteiger partial charge in [-0.15, -0.1) is 0 Å². The fourth-order valence-corrected chi connectivity index (χ4v) is 2.98. The Kier molecular flexibility index (Phi) is 10.00. The normalized spacial score (nSPS) is 10.3. The summed E-state index contributed by atoms with van der Waals surface area (Å²) in [6.07, 6.45) is 6.01. The second kappa shape index (κ2) is 12.8. The molecule has 0 saturated carbocycles. The maximum Gasteiger partial charge on any atom is 0.257 e. The fraction of sp³-hybridized carbons (Fsp3) is 0.391. The summed E-state index contributed by atoms with van der Waals surface area (Å²) in [5.74, 6) is 1.24. The first-order chi connectivity index (χ1) is 14.1. The van der Waals surface area contributed by atoms with Gasteiger partial charge >= 0.3 is 0 Å². The molecular weight excluding hydrogens is 384 g/mol. The minimum absolute atomic E-state index is 0.237. The van der Waals surface area contributed by atoms with Crippen molar-refractivity contribution in [3.05, 3.63) is 54.1 Å². The number of nitrogens with one attached hydrogen (secondary N) is 2. The minimum Gasteiger partial charge on any atom is -0.494 e. The molecule has 0 aliphatic carbocycles. The van der Waals surface area contributed by atoms with Crippen LogP contribution in [0.3, 0.4) is 0 Å². The van der Waals surface area contributed by atoms with Gasteiger partial charge in [0.1, 0.15) is 11.5 Å². The maximum atomic E-state index is 12.3. The van der Waals surface area contributed by atoms with E-state index in [1.54, 1.807) is 24.3 Å². The average molecular weight is 415 g/mol. The molecule has 0 spiro atoms. The van der Waals surface area contributed by atoms with E-state index in [9.17, 15) is 4.79 Å². The van der Waals surface area contributed by atoms with Crippen LogP contribution in [0.15, 0.2) is 48.5 Å². The molecule has 6 heteroatoms. The molecule has 2 rings (SSSR count). The van der Waals surface area contributed by atoms with Crippen LogP contribution in [0.4, 0.5) is 5.69 Å². The van der Waals surface area contributed by atoms with Gasteiger partial charge in [0.15, 0.2) is 5.11 Å². The Morgan fingerprint density at radius 2 is 1.69 bits per heavy atom. The Balaban J connectivity index is 1.80. The van der Waals surface area contributed by atoms with Crippen LogP contribution in [-0.4, -0.2) is 24.2 Å². The molecule has 0 aliphatic heterocycles.